The second-order valence-corrected chi connectivity index (χ2v) is 5.16. The Morgan fingerprint density at radius 3 is 2.74 bits per heavy atom. The van der Waals surface area contributed by atoms with Gasteiger partial charge in [0.05, 0.1) is 0 Å². The fourth-order valence-electron chi connectivity index (χ4n) is 2.43. The first-order valence-electron chi connectivity index (χ1n) is 7.49. The molecule has 118 valence electrons. The van der Waals surface area contributed by atoms with Crippen molar-refractivity contribution in [3.8, 4) is 0 Å². The van der Waals surface area contributed by atoms with E-state index in [4.69, 9.17) is 9.15 Å². The molecular weight excluding hydrogens is 292 g/mol. The zero-order valence-electron chi connectivity index (χ0n) is 13.1. The number of hydrogen-bond acceptors (Lipinski definition) is 4. The van der Waals surface area contributed by atoms with Crippen LogP contribution >= 0.6 is 0 Å². The number of carbonyl (C=O) groups excluding carboxylic acids is 1. The topological polar surface area (TPSA) is 64.4 Å². The Morgan fingerprint density at radius 2 is 2.04 bits per heavy atom. The number of aromatic nitrogens is 1. The predicted molar refractivity (Wildman–Crippen MR) is 88.2 cm³/mol. The molecule has 0 aliphatic heterocycles. The van der Waals surface area contributed by atoms with Crippen LogP contribution in [0.5, 0.6) is 0 Å². The van der Waals surface area contributed by atoms with Crippen LogP contribution in [-0.4, -0.2) is 18.0 Å². The summed E-state index contributed by atoms with van der Waals surface area (Å²) in [7, 11) is 1.52. The van der Waals surface area contributed by atoms with E-state index >= 15 is 0 Å². The number of benzene rings is 2. The molecule has 1 N–H and O–H groups in total. The van der Waals surface area contributed by atoms with Crippen LogP contribution in [-0.2, 0) is 16.0 Å². The van der Waals surface area contributed by atoms with Crippen LogP contribution in [0.25, 0.3) is 11.1 Å². The Morgan fingerprint density at radius 1 is 1.26 bits per heavy atom. The van der Waals surface area contributed by atoms with Crippen molar-refractivity contribution < 1.29 is 13.9 Å². The summed E-state index contributed by atoms with van der Waals surface area (Å²) in [6, 6.07) is 14.8. The number of aryl methyl sites for hydroxylation is 1. The van der Waals surface area contributed by atoms with E-state index in [1.165, 1.54) is 7.11 Å². The van der Waals surface area contributed by atoms with Gasteiger partial charge in [0.1, 0.15) is 5.52 Å². The molecule has 3 rings (SSSR count). The molecule has 0 saturated carbocycles. The quantitative estimate of drug-likeness (QED) is 0.780. The molecule has 0 aliphatic rings. The molecule has 3 aromatic rings. The standard InChI is InChI=1S/C18H18N2O3/c1-3-16-20-14-11-13(9-10-15(14)23-16)19-18(21)17(22-2)12-7-5-4-6-8-12/h4-11,17H,3H2,1-2H3,(H,19,21). The maximum Gasteiger partial charge on any atom is 0.258 e. The van der Waals surface area contributed by atoms with Gasteiger partial charge in [0, 0.05) is 19.2 Å². The average molecular weight is 310 g/mol. The number of rotatable bonds is 5. The summed E-state index contributed by atoms with van der Waals surface area (Å²) in [6.45, 7) is 1.98. The monoisotopic (exact) mass is 310 g/mol. The molecule has 1 atom stereocenters. The lowest BCUT2D eigenvalue weighted by molar-refractivity contribution is -0.126. The van der Waals surface area contributed by atoms with Crippen LogP contribution in [0.3, 0.4) is 0 Å². The van der Waals surface area contributed by atoms with E-state index in [0.717, 1.165) is 17.5 Å². The zero-order chi connectivity index (χ0) is 16.2. The molecule has 1 aromatic heterocycles. The molecule has 0 aliphatic carbocycles. The van der Waals surface area contributed by atoms with E-state index in [1.807, 2.05) is 37.3 Å². The lowest BCUT2D eigenvalue weighted by Gasteiger charge is -2.15. The minimum Gasteiger partial charge on any atom is -0.441 e. The van der Waals surface area contributed by atoms with Crippen molar-refractivity contribution in [3.05, 3.63) is 60.0 Å². The Kier molecular flexibility index (Phi) is 4.39. The molecule has 23 heavy (non-hydrogen) atoms. The minimum absolute atomic E-state index is 0.225. The van der Waals surface area contributed by atoms with Gasteiger partial charge in [0.25, 0.3) is 5.91 Å². The third kappa shape index (κ3) is 3.24. The third-order valence-electron chi connectivity index (χ3n) is 3.58. The maximum absolute atomic E-state index is 12.5. The van der Waals surface area contributed by atoms with Gasteiger partial charge in [0.2, 0.25) is 0 Å². The number of nitrogens with one attached hydrogen (secondary N) is 1. The molecule has 2 aromatic carbocycles. The normalized spacial score (nSPS) is 12.3. The van der Waals surface area contributed by atoms with E-state index in [1.54, 1.807) is 18.2 Å². The fraction of sp³-hybridized carbons (Fsp3) is 0.222. The summed E-state index contributed by atoms with van der Waals surface area (Å²) in [5, 5.41) is 2.87. The SMILES string of the molecule is CCc1nc2cc(NC(=O)C(OC)c3ccccc3)ccc2o1. The molecule has 0 saturated heterocycles. The molecule has 0 bridgehead atoms. The van der Waals surface area contributed by atoms with E-state index in [0.29, 0.717) is 17.2 Å². The van der Waals surface area contributed by atoms with Gasteiger partial charge in [-0.15, -0.1) is 0 Å². The molecule has 1 amide bonds. The first-order chi connectivity index (χ1) is 11.2. The molecule has 1 unspecified atom stereocenters. The van der Waals surface area contributed by atoms with Gasteiger partial charge in [-0.3, -0.25) is 4.79 Å². The number of fused-ring (bicyclic) bond motifs is 1. The third-order valence-corrected chi connectivity index (χ3v) is 3.58. The van der Waals surface area contributed by atoms with Gasteiger partial charge in [-0.05, 0) is 23.8 Å². The molecule has 0 spiro atoms. The summed E-state index contributed by atoms with van der Waals surface area (Å²) >= 11 is 0. The highest BCUT2D eigenvalue weighted by atomic mass is 16.5. The fourth-order valence-corrected chi connectivity index (χ4v) is 2.43. The largest absolute Gasteiger partial charge is 0.441 e. The summed E-state index contributed by atoms with van der Waals surface area (Å²) in [6.07, 6.45) is 0.0752. The highest BCUT2D eigenvalue weighted by molar-refractivity contribution is 5.96. The number of ether oxygens (including phenoxy) is 1. The summed E-state index contributed by atoms with van der Waals surface area (Å²) in [5.41, 5.74) is 2.92. The van der Waals surface area contributed by atoms with Crippen molar-refractivity contribution in [2.45, 2.75) is 19.4 Å². The number of nitrogens with zero attached hydrogens (tertiary/aromatic N) is 1. The summed E-state index contributed by atoms with van der Waals surface area (Å²) in [4.78, 5) is 16.8. The van der Waals surface area contributed by atoms with Crippen LogP contribution in [0.2, 0.25) is 0 Å². The lowest BCUT2D eigenvalue weighted by atomic mass is 10.1. The Balaban J connectivity index is 1.81. The molecule has 1 heterocycles. The zero-order valence-corrected chi connectivity index (χ0v) is 13.1. The second kappa shape index (κ2) is 6.62. The summed E-state index contributed by atoms with van der Waals surface area (Å²) < 4.78 is 10.9. The first-order valence-corrected chi connectivity index (χ1v) is 7.49. The van der Waals surface area contributed by atoms with Crippen LogP contribution in [0, 0.1) is 0 Å². The lowest BCUT2D eigenvalue weighted by Crippen LogP contribution is -2.22. The number of oxazole rings is 1. The van der Waals surface area contributed by atoms with Gasteiger partial charge in [0.15, 0.2) is 17.6 Å². The average Bonchev–Trinajstić information content (AvgIpc) is 2.99. The Bertz CT molecular complexity index is 812. The van der Waals surface area contributed by atoms with E-state index < -0.39 is 6.10 Å². The van der Waals surface area contributed by atoms with Crippen molar-refractivity contribution in [1.82, 2.24) is 4.98 Å². The highest BCUT2D eigenvalue weighted by Gasteiger charge is 2.20. The van der Waals surface area contributed by atoms with Gasteiger partial charge in [-0.2, -0.15) is 0 Å². The smallest absolute Gasteiger partial charge is 0.258 e. The molecule has 0 fully saturated rings. The second-order valence-electron chi connectivity index (χ2n) is 5.16. The van der Waals surface area contributed by atoms with Crippen molar-refractivity contribution in [2.75, 3.05) is 12.4 Å². The number of amides is 1. The van der Waals surface area contributed by atoms with Crippen LogP contribution < -0.4 is 5.32 Å². The van der Waals surface area contributed by atoms with Crippen molar-refractivity contribution in [1.29, 1.82) is 0 Å². The summed E-state index contributed by atoms with van der Waals surface area (Å²) in [5.74, 6) is 0.458. The molecule has 0 radical (unpaired) electrons. The first kappa shape index (κ1) is 15.2. The predicted octanol–water partition coefficient (Wildman–Crippen LogP) is 3.72. The number of methoxy groups -OCH3 is 1. The van der Waals surface area contributed by atoms with Crippen LogP contribution in [0.15, 0.2) is 52.9 Å². The minimum atomic E-state index is -0.657. The van der Waals surface area contributed by atoms with Crippen LogP contribution in [0.1, 0.15) is 24.5 Å². The molecular formula is C18H18N2O3. The van der Waals surface area contributed by atoms with Gasteiger partial charge < -0.3 is 14.5 Å². The van der Waals surface area contributed by atoms with Crippen LogP contribution in [0.4, 0.5) is 5.69 Å². The van der Waals surface area contributed by atoms with Gasteiger partial charge in [-0.1, -0.05) is 37.3 Å². The van der Waals surface area contributed by atoms with Crippen molar-refractivity contribution in [2.24, 2.45) is 0 Å². The van der Waals surface area contributed by atoms with Gasteiger partial charge in [-0.25, -0.2) is 4.98 Å². The maximum atomic E-state index is 12.5. The van der Waals surface area contributed by atoms with E-state index in [2.05, 4.69) is 10.3 Å². The van der Waals surface area contributed by atoms with E-state index in [9.17, 15) is 4.79 Å². The number of hydrogen-bond donors (Lipinski definition) is 1. The number of anilines is 1. The van der Waals surface area contributed by atoms with E-state index in [-0.39, 0.29) is 5.91 Å². The molecule has 5 nitrogen and oxygen atoms in total. The highest BCUT2D eigenvalue weighted by Crippen LogP contribution is 2.23. The van der Waals surface area contributed by atoms with Gasteiger partial charge >= 0.3 is 0 Å². The Hall–Kier alpha value is -2.66. The molecule has 5 heteroatoms. The Labute approximate surface area is 134 Å². The number of carbonyl (C=O) groups is 1. The van der Waals surface area contributed by atoms with Crippen molar-refractivity contribution >= 4 is 22.7 Å². The van der Waals surface area contributed by atoms with Crippen molar-refractivity contribution in [3.63, 3.8) is 0 Å².